The summed E-state index contributed by atoms with van der Waals surface area (Å²) in [7, 11) is 2.09. The van der Waals surface area contributed by atoms with Gasteiger partial charge in [0.2, 0.25) is 10.0 Å². The van der Waals surface area contributed by atoms with Crippen molar-refractivity contribution in [3.8, 4) is 23.0 Å². The van der Waals surface area contributed by atoms with Crippen molar-refractivity contribution in [3.63, 3.8) is 0 Å². The number of methoxy groups -OCH3 is 4. The minimum Gasteiger partial charge on any atom is -0.493 e. The van der Waals surface area contributed by atoms with Crippen LogP contribution in [0.15, 0.2) is 41.3 Å². The fraction of sp³-hybridized carbons (Fsp3) is 0.458. The van der Waals surface area contributed by atoms with Gasteiger partial charge in [-0.15, -0.1) is 0 Å². The number of piperidine rings is 1. The molecule has 0 amide bonds. The van der Waals surface area contributed by atoms with Crippen LogP contribution in [-0.2, 0) is 26.0 Å². The average Bonchev–Trinajstić information content (AvgIpc) is 2.87. The zero-order chi connectivity index (χ0) is 24.7. The van der Waals surface area contributed by atoms with Gasteiger partial charge in [0.15, 0.2) is 23.0 Å². The molecular formula is C24H31NO8S. The molecule has 9 nitrogen and oxygen atoms in total. The van der Waals surface area contributed by atoms with Gasteiger partial charge in [-0.05, 0) is 49.1 Å². The fourth-order valence-corrected chi connectivity index (χ4v) is 5.61. The Kier molecular flexibility index (Phi) is 8.62. The molecule has 1 atom stereocenters. The molecule has 1 unspecified atom stereocenters. The van der Waals surface area contributed by atoms with E-state index in [4.69, 9.17) is 23.7 Å². The first-order chi connectivity index (χ1) is 16.3. The van der Waals surface area contributed by atoms with E-state index in [1.54, 1.807) is 20.3 Å². The van der Waals surface area contributed by atoms with E-state index in [9.17, 15) is 13.2 Å². The number of sulfonamides is 1. The molecule has 0 bridgehead atoms. The number of hydrogen-bond acceptors (Lipinski definition) is 8. The number of carbonyl (C=O) groups excluding carboxylic acids is 1. The largest absolute Gasteiger partial charge is 0.493 e. The summed E-state index contributed by atoms with van der Waals surface area (Å²) in [6.07, 6.45) is 2.28. The lowest BCUT2D eigenvalue weighted by Crippen LogP contribution is -2.48. The Morgan fingerprint density at radius 3 is 2.15 bits per heavy atom. The molecule has 0 N–H and O–H groups in total. The Balaban J connectivity index is 1.71. The second kappa shape index (κ2) is 11.4. The molecule has 186 valence electrons. The lowest BCUT2D eigenvalue weighted by Gasteiger charge is -2.33. The minimum atomic E-state index is -3.94. The summed E-state index contributed by atoms with van der Waals surface area (Å²) < 4.78 is 54.5. The third-order valence-corrected chi connectivity index (χ3v) is 7.67. The van der Waals surface area contributed by atoms with Gasteiger partial charge in [-0.3, -0.25) is 4.79 Å². The van der Waals surface area contributed by atoms with Crippen molar-refractivity contribution in [2.75, 3.05) is 41.6 Å². The van der Waals surface area contributed by atoms with Gasteiger partial charge in [0, 0.05) is 19.0 Å². The van der Waals surface area contributed by atoms with E-state index in [1.807, 2.05) is 12.1 Å². The smallest absolute Gasteiger partial charge is 0.324 e. The van der Waals surface area contributed by atoms with Crippen molar-refractivity contribution >= 4 is 16.0 Å². The highest BCUT2D eigenvalue weighted by molar-refractivity contribution is 7.89. The maximum Gasteiger partial charge on any atom is 0.324 e. The van der Waals surface area contributed by atoms with Crippen LogP contribution in [0.2, 0.25) is 0 Å². The first-order valence-electron chi connectivity index (χ1n) is 11.0. The molecular weight excluding hydrogens is 462 g/mol. The minimum absolute atomic E-state index is 0.0372. The van der Waals surface area contributed by atoms with Crippen LogP contribution in [0.25, 0.3) is 0 Å². The lowest BCUT2D eigenvalue weighted by atomic mass is 10.1. The van der Waals surface area contributed by atoms with Crippen molar-refractivity contribution in [2.24, 2.45) is 0 Å². The third kappa shape index (κ3) is 5.56. The summed E-state index contributed by atoms with van der Waals surface area (Å²) in [4.78, 5) is 12.9. The van der Waals surface area contributed by atoms with Crippen LogP contribution in [0.1, 0.15) is 24.8 Å². The van der Waals surface area contributed by atoms with Crippen LogP contribution in [0.4, 0.5) is 0 Å². The van der Waals surface area contributed by atoms with Crippen molar-refractivity contribution in [1.29, 1.82) is 0 Å². The number of rotatable bonds is 10. The molecule has 0 radical (unpaired) electrons. The van der Waals surface area contributed by atoms with Crippen LogP contribution >= 0.6 is 0 Å². The lowest BCUT2D eigenvalue weighted by molar-refractivity contribution is -0.149. The van der Waals surface area contributed by atoms with Gasteiger partial charge in [0.1, 0.15) is 6.04 Å². The van der Waals surface area contributed by atoms with E-state index in [1.165, 1.54) is 36.7 Å². The predicted molar refractivity (Wildman–Crippen MR) is 125 cm³/mol. The van der Waals surface area contributed by atoms with Gasteiger partial charge < -0.3 is 23.7 Å². The molecule has 1 saturated heterocycles. The van der Waals surface area contributed by atoms with Gasteiger partial charge in [-0.25, -0.2) is 8.42 Å². The van der Waals surface area contributed by atoms with Crippen molar-refractivity contribution in [2.45, 2.75) is 36.6 Å². The molecule has 3 rings (SSSR count). The Morgan fingerprint density at radius 2 is 1.50 bits per heavy atom. The standard InChI is InChI=1S/C24H31NO8S/c1-29-20-10-8-17(15-22(20)31-3)12-14-33-24(26)19-7-5-6-13-25(19)34(27,28)18-9-11-21(30-2)23(16-18)32-4/h8-11,15-16,19H,5-7,12-14H2,1-4H3. The van der Waals surface area contributed by atoms with Crippen LogP contribution in [-0.4, -0.2) is 66.3 Å². The summed E-state index contributed by atoms with van der Waals surface area (Å²) in [5.74, 6) is 1.37. The van der Waals surface area contributed by atoms with Gasteiger partial charge in [0.05, 0.1) is 39.9 Å². The maximum atomic E-state index is 13.4. The van der Waals surface area contributed by atoms with Crippen LogP contribution < -0.4 is 18.9 Å². The van der Waals surface area contributed by atoms with E-state index in [0.717, 1.165) is 12.0 Å². The van der Waals surface area contributed by atoms with Crippen molar-refractivity contribution in [3.05, 3.63) is 42.0 Å². The number of benzene rings is 2. The second-order valence-electron chi connectivity index (χ2n) is 7.75. The Hall–Kier alpha value is -2.98. The molecule has 1 aliphatic rings. The highest BCUT2D eigenvalue weighted by atomic mass is 32.2. The maximum absolute atomic E-state index is 13.4. The first-order valence-corrected chi connectivity index (χ1v) is 12.4. The quantitative estimate of drug-likeness (QED) is 0.466. The Morgan fingerprint density at radius 1 is 0.882 bits per heavy atom. The molecule has 0 spiro atoms. The fourth-order valence-electron chi connectivity index (χ4n) is 3.94. The zero-order valence-electron chi connectivity index (χ0n) is 19.9. The third-order valence-electron chi connectivity index (χ3n) is 5.77. The highest BCUT2D eigenvalue weighted by Crippen LogP contribution is 2.33. The van der Waals surface area contributed by atoms with Gasteiger partial charge in [-0.2, -0.15) is 4.31 Å². The monoisotopic (exact) mass is 493 g/mol. The molecule has 1 fully saturated rings. The van der Waals surface area contributed by atoms with E-state index < -0.39 is 22.0 Å². The van der Waals surface area contributed by atoms with E-state index in [0.29, 0.717) is 42.3 Å². The number of ether oxygens (including phenoxy) is 5. The number of hydrogen-bond donors (Lipinski definition) is 0. The predicted octanol–water partition coefficient (Wildman–Crippen LogP) is 3.05. The van der Waals surface area contributed by atoms with Gasteiger partial charge in [0.25, 0.3) is 0 Å². The first kappa shape index (κ1) is 25.6. The summed E-state index contributed by atoms with van der Waals surface area (Å²) in [5, 5.41) is 0. The highest BCUT2D eigenvalue weighted by Gasteiger charge is 2.39. The average molecular weight is 494 g/mol. The molecule has 2 aromatic rings. The van der Waals surface area contributed by atoms with E-state index in [2.05, 4.69) is 0 Å². The molecule has 0 aliphatic carbocycles. The number of esters is 1. The summed E-state index contributed by atoms with van der Waals surface area (Å²) in [5.41, 5.74) is 0.906. The topological polar surface area (TPSA) is 101 Å². The SMILES string of the molecule is COc1ccc(CCOC(=O)C2CCCCN2S(=O)(=O)c2ccc(OC)c(OC)c2)cc1OC. The summed E-state index contributed by atoms with van der Waals surface area (Å²) in [6.45, 7) is 0.362. The molecule has 2 aromatic carbocycles. The molecule has 1 aliphatic heterocycles. The zero-order valence-corrected chi connectivity index (χ0v) is 20.7. The van der Waals surface area contributed by atoms with E-state index in [-0.39, 0.29) is 18.0 Å². The van der Waals surface area contributed by atoms with Gasteiger partial charge in [-0.1, -0.05) is 6.07 Å². The summed E-state index contributed by atoms with van der Waals surface area (Å²) >= 11 is 0. The Bertz CT molecular complexity index is 1100. The van der Waals surface area contributed by atoms with Crippen LogP contribution in [0.3, 0.4) is 0 Å². The van der Waals surface area contributed by atoms with Crippen LogP contribution in [0.5, 0.6) is 23.0 Å². The normalized spacial score (nSPS) is 16.5. The number of nitrogens with zero attached hydrogens (tertiary/aromatic N) is 1. The molecule has 34 heavy (non-hydrogen) atoms. The van der Waals surface area contributed by atoms with Crippen molar-refractivity contribution in [1.82, 2.24) is 4.31 Å². The van der Waals surface area contributed by atoms with E-state index >= 15 is 0 Å². The summed E-state index contributed by atoms with van der Waals surface area (Å²) in [6, 6.07) is 8.98. The number of carbonyl (C=O) groups is 1. The Labute approximate surface area is 200 Å². The molecule has 0 aromatic heterocycles. The molecule has 1 heterocycles. The van der Waals surface area contributed by atoms with Crippen LogP contribution in [0, 0.1) is 0 Å². The molecule has 10 heteroatoms. The molecule has 0 saturated carbocycles. The van der Waals surface area contributed by atoms with Crippen molar-refractivity contribution < 1.29 is 36.9 Å². The van der Waals surface area contributed by atoms with Gasteiger partial charge >= 0.3 is 5.97 Å². The second-order valence-corrected chi connectivity index (χ2v) is 9.64.